The SMILES string of the molecule is CCOCC(C)(O)c1sccc1Br. The van der Waals surface area contributed by atoms with Crippen molar-refractivity contribution < 1.29 is 9.84 Å². The molecule has 0 bridgehead atoms. The zero-order valence-electron chi connectivity index (χ0n) is 7.71. The average molecular weight is 265 g/mol. The second kappa shape index (κ2) is 4.55. The van der Waals surface area contributed by atoms with Gasteiger partial charge in [-0.25, -0.2) is 0 Å². The molecular formula is C9H13BrO2S. The van der Waals surface area contributed by atoms with Crippen LogP contribution < -0.4 is 0 Å². The molecule has 0 aliphatic heterocycles. The molecule has 1 unspecified atom stereocenters. The molecule has 1 aromatic rings. The lowest BCUT2D eigenvalue weighted by Gasteiger charge is -2.21. The first-order valence-electron chi connectivity index (χ1n) is 4.11. The maximum atomic E-state index is 10.0. The average Bonchev–Trinajstić information content (AvgIpc) is 2.48. The summed E-state index contributed by atoms with van der Waals surface area (Å²) < 4.78 is 6.16. The summed E-state index contributed by atoms with van der Waals surface area (Å²) >= 11 is 4.92. The van der Waals surface area contributed by atoms with Crippen molar-refractivity contribution >= 4 is 27.3 Å². The van der Waals surface area contributed by atoms with Crippen LogP contribution in [0.2, 0.25) is 0 Å². The van der Waals surface area contributed by atoms with Gasteiger partial charge in [0.1, 0.15) is 5.60 Å². The summed E-state index contributed by atoms with van der Waals surface area (Å²) in [6.07, 6.45) is 0. The molecule has 0 amide bonds. The first-order chi connectivity index (χ1) is 6.08. The number of halogens is 1. The molecule has 1 N–H and O–H groups in total. The van der Waals surface area contributed by atoms with Crippen LogP contribution in [-0.4, -0.2) is 18.3 Å². The maximum Gasteiger partial charge on any atom is 0.120 e. The van der Waals surface area contributed by atoms with Crippen LogP contribution in [0.4, 0.5) is 0 Å². The maximum absolute atomic E-state index is 10.0. The van der Waals surface area contributed by atoms with E-state index in [-0.39, 0.29) is 0 Å². The number of thiophene rings is 1. The smallest absolute Gasteiger partial charge is 0.120 e. The standard InChI is InChI=1S/C9H13BrO2S/c1-3-12-6-9(2,11)8-7(10)4-5-13-8/h4-5,11H,3,6H2,1-2H3. The van der Waals surface area contributed by atoms with Crippen molar-refractivity contribution in [3.8, 4) is 0 Å². The van der Waals surface area contributed by atoms with Crippen molar-refractivity contribution in [1.82, 2.24) is 0 Å². The molecule has 0 aliphatic carbocycles. The van der Waals surface area contributed by atoms with E-state index in [1.54, 1.807) is 6.92 Å². The summed E-state index contributed by atoms with van der Waals surface area (Å²) in [4.78, 5) is 0.918. The molecule has 1 heterocycles. The third-order valence-electron chi connectivity index (χ3n) is 1.69. The van der Waals surface area contributed by atoms with Crippen LogP contribution in [0.1, 0.15) is 18.7 Å². The first kappa shape index (κ1) is 11.2. The van der Waals surface area contributed by atoms with Gasteiger partial charge >= 0.3 is 0 Å². The summed E-state index contributed by atoms with van der Waals surface area (Å²) in [7, 11) is 0. The number of hydrogen-bond donors (Lipinski definition) is 1. The summed E-state index contributed by atoms with van der Waals surface area (Å²) in [6.45, 7) is 4.64. The van der Waals surface area contributed by atoms with Gasteiger partial charge in [-0.1, -0.05) is 0 Å². The third-order valence-corrected chi connectivity index (χ3v) is 3.78. The van der Waals surface area contributed by atoms with E-state index in [0.29, 0.717) is 13.2 Å². The Morgan fingerprint density at radius 1 is 1.69 bits per heavy atom. The number of ether oxygens (including phenoxy) is 1. The van der Waals surface area contributed by atoms with Gasteiger partial charge in [0, 0.05) is 11.1 Å². The highest BCUT2D eigenvalue weighted by Gasteiger charge is 2.26. The normalized spacial score (nSPS) is 15.7. The molecule has 0 spiro atoms. The second-order valence-corrected chi connectivity index (χ2v) is 4.78. The van der Waals surface area contributed by atoms with Gasteiger partial charge in [-0.15, -0.1) is 11.3 Å². The largest absolute Gasteiger partial charge is 0.382 e. The van der Waals surface area contributed by atoms with Crippen molar-refractivity contribution in [1.29, 1.82) is 0 Å². The van der Waals surface area contributed by atoms with Crippen LogP contribution in [-0.2, 0) is 10.3 Å². The van der Waals surface area contributed by atoms with E-state index in [1.165, 1.54) is 11.3 Å². The van der Waals surface area contributed by atoms with Gasteiger partial charge in [0.15, 0.2) is 0 Å². The summed E-state index contributed by atoms with van der Waals surface area (Å²) in [5.74, 6) is 0. The minimum Gasteiger partial charge on any atom is -0.382 e. The lowest BCUT2D eigenvalue weighted by atomic mass is 10.1. The molecule has 0 fully saturated rings. The molecule has 0 saturated carbocycles. The van der Waals surface area contributed by atoms with Crippen LogP contribution in [0.25, 0.3) is 0 Å². The third kappa shape index (κ3) is 2.77. The highest BCUT2D eigenvalue weighted by Crippen LogP contribution is 2.33. The predicted molar refractivity (Wildman–Crippen MR) is 58.1 cm³/mol. The molecule has 1 rings (SSSR count). The molecule has 1 atom stereocenters. The molecule has 0 aliphatic rings. The van der Waals surface area contributed by atoms with Crippen LogP contribution >= 0.6 is 27.3 Å². The zero-order chi connectivity index (χ0) is 9.90. The Morgan fingerprint density at radius 3 is 2.85 bits per heavy atom. The molecule has 74 valence electrons. The molecule has 0 aromatic carbocycles. The van der Waals surface area contributed by atoms with E-state index in [0.717, 1.165) is 9.35 Å². The Hall–Kier alpha value is 0.100. The molecule has 2 nitrogen and oxygen atoms in total. The Kier molecular flexibility index (Phi) is 3.91. The van der Waals surface area contributed by atoms with Crippen molar-refractivity contribution in [3.63, 3.8) is 0 Å². The lowest BCUT2D eigenvalue weighted by molar-refractivity contribution is -0.0322. The van der Waals surface area contributed by atoms with Gasteiger partial charge in [-0.05, 0) is 41.2 Å². The molecule has 13 heavy (non-hydrogen) atoms. The minimum absolute atomic E-state index is 0.336. The highest BCUT2D eigenvalue weighted by atomic mass is 79.9. The van der Waals surface area contributed by atoms with E-state index in [2.05, 4.69) is 15.9 Å². The van der Waals surface area contributed by atoms with Crippen LogP contribution in [0.3, 0.4) is 0 Å². The van der Waals surface area contributed by atoms with Crippen LogP contribution in [0.5, 0.6) is 0 Å². The summed E-state index contributed by atoms with van der Waals surface area (Å²) in [5.41, 5.74) is -0.886. The number of aliphatic hydroxyl groups is 1. The van der Waals surface area contributed by atoms with Crippen LogP contribution in [0.15, 0.2) is 15.9 Å². The Bertz CT molecular complexity index is 270. The zero-order valence-corrected chi connectivity index (χ0v) is 10.1. The van der Waals surface area contributed by atoms with Gasteiger partial charge in [-0.2, -0.15) is 0 Å². The van der Waals surface area contributed by atoms with E-state index in [4.69, 9.17) is 4.74 Å². The molecule has 0 radical (unpaired) electrons. The van der Waals surface area contributed by atoms with Crippen LogP contribution in [0, 0.1) is 0 Å². The topological polar surface area (TPSA) is 29.5 Å². The van der Waals surface area contributed by atoms with Gasteiger partial charge in [0.25, 0.3) is 0 Å². The van der Waals surface area contributed by atoms with E-state index < -0.39 is 5.60 Å². The highest BCUT2D eigenvalue weighted by molar-refractivity contribution is 9.10. The first-order valence-corrected chi connectivity index (χ1v) is 5.79. The van der Waals surface area contributed by atoms with Gasteiger partial charge in [0.2, 0.25) is 0 Å². The van der Waals surface area contributed by atoms with Crippen molar-refractivity contribution in [2.75, 3.05) is 13.2 Å². The Labute approximate surface area is 90.7 Å². The summed E-state index contributed by atoms with van der Waals surface area (Å²) in [5, 5.41) is 12.0. The summed E-state index contributed by atoms with van der Waals surface area (Å²) in [6, 6.07) is 1.93. The fourth-order valence-electron chi connectivity index (χ4n) is 1.04. The minimum atomic E-state index is -0.886. The molecule has 0 saturated heterocycles. The van der Waals surface area contributed by atoms with Gasteiger partial charge < -0.3 is 9.84 Å². The van der Waals surface area contributed by atoms with Crippen molar-refractivity contribution in [2.45, 2.75) is 19.4 Å². The van der Waals surface area contributed by atoms with E-state index >= 15 is 0 Å². The Balaban J connectivity index is 2.74. The molecule has 4 heteroatoms. The predicted octanol–water partition coefficient (Wildman–Crippen LogP) is 2.75. The number of rotatable bonds is 4. The van der Waals surface area contributed by atoms with Crippen molar-refractivity contribution in [3.05, 3.63) is 20.8 Å². The fourth-order valence-corrected chi connectivity index (χ4v) is 2.89. The number of hydrogen-bond acceptors (Lipinski definition) is 3. The quantitative estimate of drug-likeness (QED) is 0.907. The van der Waals surface area contributed by atoms with Crippen molar-refractivity contribution in [2.24, 2.45) is 0 Å². The van der Waals surface area contributed by atoms with Gasteiger partial charge in [-0.3, -0.25) is 0 Å². The fraction of sp³-hybridized carbons (Fsp3) is 0.556. The molecular weight excluding hydrogens is 252 g/mol. The molecule has 1 aromatic heterocycles. The van der Waals surface area contributed by atoms with Gasteiger partial charge in [0.05, 0.1) is 11.5 Å². The second-order valence-electron chi connectivity index (χ2n) is 3.01. The van der Waals surface area contributed by atoms with E-state index in [1.807, 2.05) is 18.4 Å². The van der Waals surface area contributed by atoms with E-state index in [9.17, 15) is 5.11 Å². The Morgan fingerprint density at radius 2 is 2.38 bits per heavy atom. The monoisotopic (exact) mass is 264 g/mol. The lowest BCUT2D eigenvalue weighted by Crippen LogP contribution is -2.27.